The number of hydroxylamine groups is 1. The number of nitrogens with one attached hydrogen (secondary N) is 1. The minimum atomic E-state index is -3.78. The molecule has 23 heavy (non-hydrogen) atoms. The summed E-state index contributed by atoms with van der Waals surface area (Å²) in [7, 11) is -3.78. The van der Waals surface area contributed by atoms with Crippen LogP contribution in [0.25, 0.3) is 0 Å². The van der Waals surface area contributed by atoms with Crippen molar-refractivity contribution in [2.75, 3.05) is 19.7 Å². The van der Waals surface area contributed by atoms with Gasteiger partial charge in [0, 0.05) is 19.0 Å². The molecule has 1 aliphatic heterocycles. The van der Waals surface area contributed by atoms with Crippen molar-refractivity contribution in [2.24, 2.45) is 5.92 Å². The van der Waals surface area contributed by atoms with Gasteiger partial charge in [-0.3, -0.25) is 9.63 Å². The van der Waals surface area contributed by atoms with Gasteiger partial charge < -0.3 is 0 Å². The number of carbonyl (C=O) groups excluding carboxylic acids is 1. The molecule has 9 heteroatoms. The van der Waals surface area contributed by atoms with E-state index in [1.807, 2.05) is 0 Å². The maximum atomic E-state index is 12.7. The van der Waals surface area contributed by atoms with Crippen LogP contribution in [0, 0.1) is 5.92 Å². The molecular weight excluding hydrogens is 363 g/mol. The highest BCUT2D eigenvalue weighted by Gasteiger charge is 2.34. The Morgan fingerprint density at radius 2 is 1.87 bits per heavy atom. The van der Waals surface area contributed by atoms with Crippen molar-refractivity contribution in [1.29, 1.82) is 0 Å². The molecule has 0 bridgehead atoms. The van der Waals surface area contributed by atoms with Crippen molar-refractivity contribution in [2.45, 2.75) is 24.7 Å². The first-order valence-electron chi connectivity index (χ1n) is 7.23. The second kappa shape index (κ2) is 7.81. The number of piperidine rings is 1. The van der Waals surface area contributed by atoms with Crippen LogP contribution in [0.4, 0.5) is 0 Å². The zero-order valence-electron chi connectivity index (χ0n) is 12.6. The summed E-state index contributed by atoms with van der Waals surface area (Å²) in [6.45, 7) is 2.61. The molecule has 1 N–H and O–H groups in total. The summed E-state index contributed by atoms with van der Waals surface area (Å²) in [5, 5.41) is 0.183. The van der Waals surface area contributed by atoms with Gasteiger partial charge in [-0.1, -0.05) is 29.3 Å². The Morgan fingerprint density at radius 1 is 1.30 bits per heavy atom. The quantitative estimate of drug-likeness (QED) is 0.795. The van der Waals surface area contributed by atoms with E-state index in [-0.39, 0.29) is 39.9 Å². The number of benzene rings is 1. The number of carbonyl (C=O) groups is 1. The van der Waals surface area contributed by atoms with Gasteiger partial charge in [0.05, 0.1) is 16.7 Å². The first-order chi connectivity index (χ1) is 10.9. The molecule has 0 saturated carbocycles. The average molecular weight is 381 g/mol. The molecule has 6 nitrogen and oxygen atoms in total. The second-order valence-corrected chi connectivity index (χ2v) is 7.82. The molecule has 1 fully saturated rings. The molecule has 0 unspecified atom stereocenters. The fourth-order valence-corrected chi connectivity index (χ4v) is 5.00. The molecule has 0 radical (unpaired) electrons. The van der Waals surface area contributed by atoms with E-state index >= 15 is 0 Å². The van der Waals surface area contributed by atoms with Gasteiger partial charge in [0.15, 0.2) is 0 Å². The Hall–Kier alpha value is -0.860. The van der Waals surface area contributed by atoms with E-state index in [0.717, 1.165) is 0 Å². The van der Waals surface area contributed by atoms with Crippen molar-refractivity contribution in [3.8, 4) is 0 Å². The second-order valence-electron chi connectivity index (χ2n) is 5.13. The molecule has 128 valence electrons. The fraction of sp³-hybridized carbons (Fsp3) is 0.500. The monoisotopic (exact) mass is 380 g/mol. The number of nitrogens with zero attached hydrogens (tertiary/aromatic N) is 1. The van der Waals surface area contributed by atoms with Crippen LogP contribution >= 0.6 is 23.2 Å². The Kier molecular flexibility index (Phi) is 6.27. The normalized spacial score (nSPS) is 17.2. The molecule has 0 atom stereocenters. The number of rotatable bonds is 5. The van der Waals surface area contributed by atoms with Gasteiger partial charge in [0.1, 0.15) is 4.90 Å². The van der Waals surface area contributed by atoms with Gasteiger partial charge in [-0.15, -0.1) is 0 Å². The number of halogens is 2. The molecule has 1 aromatic rings. The fourth-order valence-electron chi connectivity index (χ4n) is 2.44. The van der Waals surface area contributed by atoms with Crippen molar-refractivity contribution in [3.05, 3.63) is 28.2 Å². The van der Waals surface area contributed by atoms with E-state index in [9.17, 15) is 13.2 Å². The minimum absolute atomic E-state index is 0.0828. The number of sulfonamides is 1. The highest BCUT2D eigenvalue weighted by molar-refractivity contribution is 7.89. The Balaban J connectivity index is 2.09. The summed E-state index contributed by atoms with van der Waals surface area (Å²) >= 11 is 12.0. The molecule has 0 aliphatic carbocycles. The van der Waals surface area contributed by atoms with Crippen molar-refractivity contribution >= 4 is 39.1 Å². The lowest BCUT2D eigenvalue weighted by molar-refractivity contribution is -0.138. The maximum Gasteiger partial charge on any atom is 0.246 e. The largest absolute Gasteiger partial charge is 0.274 e. The van der Waals surface area contributed by atoms with E-state index in [2.05, 4.69) is 5.48 Å². The highest BCUT2D eigenvalue weighted by atomic mass is 35.5. The zero-order valence-corrected chi connectivity index (χ0v) is 14.9. The third-order valence-corrected chi connectivity index (χ3v) is 6.51. The predicted octanol–water partition coefficient (Wildman–Crippen LogP) is 2.46. The van der Waals surface area contributed by atoms with Crippen LogP contribution in [0.3, 0.4) is 0 Å². The van der Waals surface area contributed by atoms with E-state index in [0.29, 0.717) is 19.4 Å². The highest BCUT2D eigenvalue weighted by Crippen LogP contribution is 2.33. The number of hydrogen-bond acceptors (Lipinski definition) is 4. The van der Waals surface area contributed by atoms with Gasteiger partial charge in [0.2, 0.25) is 15.9 Å². The summed E-state index contributed by atoms with van der Waals surface area (Å²) < 4.78 is 26.7. The summed E-state index contributed by atoms with van der Waals surface area (Å²) in [4.78, 5) is 16.6. The molecule has 1 amide bonds. The third kappa shape index (κ3) is 4.16. The predicted molar refractivity (Wildman–Crippen MR) is 87.7 cm³/mol. The Morgan fingerprint density at radius 3 is 2.39 bits per heavy atom. The number of hydrogen-bond donors (Lipinski definition) is 1. The third-order valence-electron chi connectivity index (χ3n) is 3.66. The van der Waals surface area contributed by atoms with E-state index in [4.69, 9.17) is 28.0 Å². The van der Waals surface area contributed by atoms with Crippen molar-refractivity contribution < 1.29 is 18.0 Å². The van der Waals surface area contributed by atoms with Gasteiger partial charge in [-0.05, 0) is 31.9 Å². The van der Waals surface area contributed by atoms with Gasteiger partial charge in [-0.25, -0.2) is 13.9 Å². The van der Waals surface area contributed by atoms with Crippen molar-refractivity contribution in [3.63, 3.8) is 0 Å². The van der Waals surface area contributed by atoms with Gasteiger partial charge >= 0.3 is 0 Å². The summed E-state index contributed by atoms with van der Waals surface area (Å²) in [5.41, 5.74) is 2.36. The van der Waals surface area contributed by atoms with E-state index < -0.39 is 10.0 Å². The standard InChI is InChI=1S/C14H18Cl2N2O4S/c1-2-22-17-14(19)10-6-8-18(9-7-10)23(20,21)13-11(15)4-3-5-12(13)16/h3-5,10H,2,6-9H2,1H3,(H,17,19). The summed E-state index contributed by atoms with van der Waals surface area (Å²) in [6, 6.07) is 4.57. The van der Waals surface area contributed by atoms with E-state index in [1.165, 1.54) is 16.4 Å². The van der Waals surface area contributed by atoms with E-state index in [1.54, 1.807) is 13.0 Å². The molecule has 2 rings (SSSR count). The van der Waals surface area contributed by atoms with Crippen LogP contribution in [-0.4, -0.2) is 38.3 Å². The summed E-state index contributed by atoms with van der Waals surface area (Å²) in [6.07, 6.45) is 0.834. The lowest BCUT2D eigenvalue weighted by Gasteiger charge is -2.30. The summed E-state index contributed by atoms with van der Waals surface area (Å²) in [5.74, 6) is -0.491. The molecule has 1 aromatic carbocycles. The topological polar surface area (TPSA) is 75.7 Å². The van der Waals surface area contributed by atoms with Crippen LogP contribution in [0.5, 0.6) is 0 Å². The Labute approximate surface area is 145 Å². The maximum absolute atomic E-state index is 12.7. The first kappa shape index (κ1) is 18.5. The molecule has 1 saturated heterocycles. The van der Waals surface area contributed by atoms with Crippen LogP contribution < -0.4 is 5.48 Å². The lowest BCUT2D eigenvalue weighted by atomic mass is 9.98. The molecule has 0 aromatic heterocycles. The van der Waals surface area contributed by atoms with Crippen LogP contribution in [-0.2, 0) is 19.7 Å². The zero-order chi connectivity index (χ0) is 17.0. The van der Waals surface area contributed by atoms with Crippen LogP contribution in [0.2, 0.25) is 10.0 Å². The van der Waals surface area contributed by atoms with Crippen molar-refractivity contribution in [1.82, 2.24) is 9.79 Å². The Bertz CT molecular complexity index is 653. The average Bonchev–Trinajstić information content (AvgIpc) is 2.52. The number of amides is 1. The smallest absolute Gasteiger partial charge is 0.246 e. The first-order valence-corrected chi connectivity index (χ1v) is 9.43. The van der Waals surface area contributed by atoms with Gasteiger partial charge in [-0.2, -0.15) is 4.31 Å². The molecule has 0 spiro atoms. The van der Waals surface area contributed by atoms with Crippen LogP contribution in [0.15, 0.2) is 23.1 Å². The molecule has 1 aliphatic rings. The molecular formula is C14H18Cl2N2O4S. The molecule has 1 heterocycles. The SMILES string of the molecule is CCONC(=O)C1CCN(S(=O)(=O)c2c(Cl)cccc2Cl)CC1. The minimum Gasteiger partial charge on any atom is -0.274 e. The van der Waals surface area contributed by atoms with Gasteiger partial charge in [0.25, 0.3) is 0 Å². The lowest BCUT2D eigenvalue weighted by Crippen LogP contribution is -2.43. The van der Waals surface area contributed by atoms with Crippen LogP contribution in [0.1, 0.15) is 19.8 Å².